The van der Waals surface area contributed by atoms with Crippen LogP contribution in [0.2, 0.25) is 0 Å². The molecule has 0 amide bonds. The Labute approximate surface area is 99.7 Å². The maximum atomic E-state index is 11.5. The molecule has 0 aromatic carbocycles. The van der Waals surface area contributed by atoms with Gasteiger partial charge >= 0.3 is 0 Å². The van der Waals surface area contributed by atoms with Crippen molar-refractivity contribution in [2.75, 3.05) is 19.8 Å². The van der Waals surface area contributed by atoms with Crippen LogP contribution in [0.15, 0.2) is 0 Å². The topological polar surface area (TPSA) is 52.3 Å². The molecule has 0 heterocycles. The van der Waals surface area contributed by atoms with Crippen LogP contribution in [-0.2, 0) is 9.53 Å². The van der Waals surface area contributed by atoms with Crippen LogP contribution in [0.3, 0.4) is 0 Å². The molecule has 0 rings (SSSR count). The van der Waals surface area contributed by atoms with E-state index in [0.29, 0.717) is 25.5 Å². The van der Waals surface area contributed by atoms with Gasteiger partial charge in [-0.3, -0.25) is 4.79 Å². The third-order valence-corrected chi connectivity index (χ3v) is 2.98. The average molecular weight is 229 g/mol. The van der Waals surface area contributed by atoms with Crippen LogP contribution in [0.25, 0.3) is 0 Å². The third kappa shape index (κ3) is 6.96. The molecule has 1 unspecified atom stereocenters. The molecule has 0 spiro atoms. The summed E-state index contributed by atoms with van der Waals surface area (Å²) in [6, 6.07) is 0. The Hall–Kier alpha value is -0.410. The first kappa shape index (κ1) is 15.6. The first-order chi connectivity index (χ1) is 7.41. The largest absolute Gasteiger partial charge is 0.374 e. The standard InChI is InChI=1S/C13H27NO2/c1-5-16-10-12(15)7-6-11(8-9-14)13(2,3)4/h11H,5-10,14H2,1-4H3. The van der Waals surface area contributed by atoms with E-state index in [1.807, 2.05) is 6.92 Å². The van der Waals surface area contributed by atoms with Crippen molar-refractivity contribution in [2.24, 2.45) is 17.1 Å². The molecule has 0 saturated heterocycles. The summed E-state index contributed by atoms with van der Waals surface area (Å²) < 4.78 is 5.10. The van der Waals surface area contributed by atoms with Crippen molar-refractivity contribution in [2.45, 2.75) is 47.0 Å². The molecule has 2 N–H and O–H groups in total. The molecule has 0 aliphatic carbocycles. The third-order valence-electron chi connectivity index (χ3n) is 2.98. The number of hydrogen-bond acceptors (Lipinski definition) is 3. The highest BCUT2D eigenvalue weighted by molar-refractivity contribution is 5.79. The minimum absolute atomic E-state index is 0.202. The van der Waals surface area contributed by atoms with Gasteiger partial charge in [-0.15, -0.1) is 0 Å². The minimum Gasteiger partial charge on any atom is -0.374 e. The zero-order chi connectivity index (χ0) is 12.6. The zero-order valence-corrected chi connectivity index (χ0v) is 11.2. The van der Waals surface area contributed by atoms with Crippen molar-refractivity contribution >= 4 is 5.78 Å². The molecule has 3 heteroatoms. The van der Waals surface area contributed by atoms with E-state index in [4.69, 9.17) is 10.5 Å². The Kier molecular flexibility index (Phi) is 7.60. The fraction of sp³-hybridized carbons (Fsp3) is 0.923. The summed E-state index contributed by atoms with van der Waals surface area (Å²) in [7, 11) is 0. The Morgan fingerprint density at radius 3 is 2.38 bits per heavy atom. The summed E-state index contributed by atoms with van der Waals surface area (Å²) in [6.07, 6.45) is 2.53. The van der Waals surface area contributed by atoms with Gasteiger partial charge < -0.3 is 10.5 Å². The Bertz CT molecular complexity index is 197. The lowest BCUT2D eigenvalue weighted by Crippen LogP contribution is -2.24. The molecule has 0 aliphatic rings. The van der Waals surface area contributed by atoms with Crippen LogP contribution in [0.4, 0.5) is 0 Å². The first-order valence-corrected chi connectivity index (χ1v) is 6.21. The number of hydrogen-bond donors (Lipinski definition) is 1. The van der Waals surface area contributed by atoms with Crippen LogP contribution in [0, 0.1) is 11.3 Å². The number of ether oxygens (including phenoxy) is 1. The van der Waals surface area contributed by atoms with Crippen LogP contribution in [-0.4, -0.2) is 25.5 Å². The number of Topliss-reactive ketones (excluding diaryl/α,β-unsaturated/α-hetero) is 1. The molecule has 0 bridgehead atoms. The predicted molar refractivity (Wildman–Crippen MR) is 67.4 cm³/mol. The van der Waals surface area contributed by atoms with Crippen molar-refractivity contribution in [3.63, 3.8) is 0 Å². The summed E-state index contributed by atoms with van der Waals surface area (Å²) in [6.45, 7) is 10.1. The second-order valence-corrected chi connectivity index (χ2v) is 5.35. The van der Waals surface area contributed by atoms with Gasteiger partial charge in [-0.05, 0) is 37.6 Å². The molecule has 0 radical (unpaired) electrons. The van der Waals surface area contributed by atoms with Gasteiger partial charge in [0.25, 0.3) is 0 Å². The van der Waals surface area contributed by atoms with E-state index in [9.17, 15) is 4.79 Å². The second kappa shape index (κ2) is 7.80. The predicted octanol–water partition coefficient (Wildman–Crippen LogP) is 2.38. The number of carbonyl (C=O) groups is 1. The maximum absolute atomic E-state index is 11.5. The van der Waals surface area contributed by atoms with Gasteiger partial charge in [0, 0.05) is 13.0 Å². The SMILES string of the molecule is CCOCC(=O)CCC(CCN)C(C)(C)C. The van der Waals surface area contributed by atoms with Crippen molar-refractivity contribution in [3.05, 3.63) is 0 Å². The molecule has 0 aromatic rings. The molecule has 0 fully saturated rings. The summed E-state index contributed by atoms with van der Waals surface area (Å²) in [5.74, 6) is 0.719. The summed E-state index contributed by atoms with van der Waals surface area (Å²) in [5, 5.41) is 0. The van der Waals surface area contributed by atoms with Crippen molar-refractivity contribution in [1.82, 2.24) is 0 Å². The smallest absolute Gasteiger partial charge is 0.158 e. The molecular weight excluding hydrogens is 202 g/mol. The Morgan fingerprint density at radius 1 is 1.31 bits per heavy atom. The van der Waals surface area contributed by atoms with E-state index in [2.05, 4.69) is 20.8 Å². The zero-order valence-electron chi connectivity index (χ0n) is 11.2. The van der Waals surface area contributed by atoms with Crippen molar-refractivity contribution < 1.29 is 9.53 Å². The van der Waals surface area contributed by atoms with Crippen LogP contribution in [0.1, 0.15) is 47.0 Å². The van der Waals surface area contributed by atoms with E-state index >= 15 is 0 Å². The minimum atomic E-state index is 0.202. The summed E-state index contributed by atoms with van der Waals surface area (Å²) >= 11 is 0. The molecule has 1 atom stereocenters. The molecular formula is C13H27NO2. The molecule has 0 saturated carbocycles. The van der Waals surface area contributed by atoms with Crippen molar-refractivity contribution in [3.8, 4) is 0 Å². The van der Waals surface area contributed by atoms with Gasteiger partial charge in [0.1, 0.15) is 6.61 Å². The molecule has 16 heavy (non-hydrogen) atoms. The van der Waals surface area contributed by atoms with Gasteiger partial charge in [0.2, 0.25) is 0 Å². The summed E-state index contributed by atoms with van der Waals surface area (Å²) in [4.78, 5) is 11.5. The Balaban J connectivity index is 3.97. The number of carbonyl (C=O) groups excluding carboxylic acids is 1. The lowest BCUT2D eigenvalue weighted by atomic mass is 9.76. The van der Waals surface area contributed by atoms with Gasteiger partial charge in [0.15, 0.2) is 5.78 Å². The lowest BCUT2D eigenvalue weighted by molar-refractivity contribution is -0.123. The normalized spacial score (nSPS) is 13.8. The van der Waals surface area contributed by atoms with E-state index in [1.54, 1.807) is 0 Å². The molecule has 0 aliphatic heterocycles. The van der Waals surface area contributed by atoms with Crippen molar-refractivity contribution in [1.29, 1.82) is 0 Å². The molecule has 0 aromatic heterocycles. The second-order valence-electron chi connectivity index (χ2n) is 5.35. The lowest BCUT2D eigenvalue weighted by Gasteiger charge is -2.30. The van der Waals surface area contributed by atoms with Gasteiger partial charge in [-0.2, -0.15) is 0 Å². The van der Waals surface area contributed by atoms with E-state index in [-0.39, 0.29) is 17.8 Å². The fourth-order valence-corrected chi connectivity index (χ4v) is 1.83. The van der Waals surface area contributed by atoms with E-state index in [0.717, 1.165) is 12.8 Å². The highest BCUT2D eigenvalue weighted by Crippen LogP contribution is 2.32. The van der Waals surface area contributed by atoms with E-state index in [1.165, 1.54) is 0 Å². The van der Waals surface area contributed by atoms with Gasteiger partial charge in [0.05, 0.1) is 0 Å². The average Bonchev–Trinajstić information content (AvgIpc) is 2.19. The van der Waals surface area contributed by atoms with Crippen LogP contribution >= 0.6 is 0 Å². The Morgan fingerprint density at radius 2 is 1.94 bits per heavy atom. The highest BCUT2D eigenvalue weighted by atomic mass is 16.5. The number of rotatable bonds is 8. The highest BCUT2D eigenvalue weighted by Gasteiger charge is 2.24. The maximum Gasteiger partial charge on any atom is 0.158 e. The number of nitrogens with two attached hydrogens (primary N) is 1. The van der Waals surface area contributed by atoms with Gasteiger partial charge in [-0.25, -0.2) is 0 Å². The first-order valence-electron chi connectivity index (χ1n) is 6.21. The molecule has 3 nitrogen and oxygen atoms in total. The number of ketones is 1. The van der Waals surface area contributed by atoms with Gasteiger partial charge in [-0.1, -0.05) is 20.8 Å². The quantitative estimate of drug-likeness (QED) is 0.695. The summed E-state index contributed by atoms with van der Waals surface area (Å²) in [5.41, 5.74) is 5.83. The van der Waals surface area contributed by atoms with Crippen LogP contribution in [0.5, 0.6) is 0 Å². The monoisotopic (exact) mass is 229 g/mol. The molecule has 96 valence electrons. The fourth-order valence-electron chi connectivity index (χ4n) is 1.83. The van der Waals surface area contributed by atoms with Crippen LogP contribution < -0.4 is 5.73 Å². The van der Waals surface area contributed by atoms with E-state index < -0.39 is 0 Å².